The maximum atomic E-state index is 13.9. The fraction of sp³-hybridized carbons (Fsp3) is 0.364. The highest BCUT2D eigenvalue weighted by Gasteiger charge is 2.49. The second-order valence-electron chi connectivity index (χ2n) is 7.55. The summed E-state index contributed by atoms with van der Waals surface area (Å²) in [7, 11) is 1.56. The number of rotatable bonds is 5. The van der Waals surface area contributed by atoms with Crippen molar-refractivity contribution in [3.63, 3.8) is 0 Å². The van der Waals surface area contributed by atoms with E-state index in [4.69, 9.17) is 30.5 Å². The number of hydrogen-bond donors (Lipinski definition) is 1. The Morgan fingerprint density at radius 2 is 1.97 bits per heavy atom. The van der Waals surface area contributed by atoms with Crippen LogP contribution in [0.3, 0.4) is 0 Å². The van der Waals surface area contributed by atoms with E-state index in [-0.39, 0.29) is 13.2 Å². The van der Waals surface area contributed by atoms with E-state index in [2.05, 4.69) is 15.3 Å². The molecule has 31 heavy (non-hydrogen) atoms. The van der Waals surface area contributed by atoms with Crippen LogP contribution in [0, 0.1) is 6.92 Å². The molecule has 1 aromatic heterocycles. The van der Waals surface area contributed by atoms with E-state index in [1.54, 1.807) is 13.2 Å². The van der Waals surface area contributed by atoms with Gasteiger partial charge in [0, 0.05) is 22.2 Å². The van der Waals surface area contributed by atoms with Gasteiger partial charge in [-0.05, 0) is 30.7 Å². The van der Waals surface area contributed by atoms with E-state index in [1.807, 2.05) is 31.2 Å². The Hall–Kier alpha value is -2.68. The van der Waals surface area contributed by atoms with Gasteiger partial charge in [-0.2, -0.15) is 0 Å². The zero-order chi connectivity index (χ0) is 21.5. The Morgan fingerprint density at radius 1 is 1.13 bits per heavy atom. The standard InChI is InChI=1S/C22H21ClFN3O4/c1-11-13(23)4-3-5-15(11)27-22-12-6-17(28-2)18(7-16(12)25-10-26-22)31-19-9-30-20-14(24)8-29-21(19)20/h3-7,10,14,19-21H,8-9H2,1-2H3,(H,25,26,27)/t14?,19?,20-,21-/m0/s1. The molecule has 2 aliphatic heterocycles. The van der Waals surface area contributed by atoms with Crippen molar-refractivity contribution in [1.82, 2.24) is 9.97 Å². The summed E-state index contributed by atoms with van der Waals surface area (Å²) < 4.78 is 36.6. The number of halogens is 2. The first-order valence-corrected chi connectivity index (χ1v) is 10.3. The monoisotopic (exact) mass is 445 g/mol. The van der Waals surface area contributed by atoms with Crippen molar-refractivity contribution in [3.05, 3.63) is 47.2 Å². The molecule has 2 fully saturated rings. The predicted molar refractivity (Wildman–Crippen MR) is 114 cm³/mol. The summed E-state index contributed by atoms with van der Waals surface area (Å²) in [4.78, 5) is 8.77. The number of ether oxygens (including phenoxy) is 4. The molecule has 0 spiro atoms. The average molecular weight is 446 g/mol. The van der Waals surface area contributed by atoms with Crippen molar-refractivity contribution in [2.24, 2.45) is 0 Å². The van der Waals surface area contributed by atoms with Crippen LogP contribution in [0.1, 0.15) is 5.56 Å². The third-order valence-corrected chi connectivity index (χ3v) is 6.08. The number of alkyl halides is 1. The fourth-order valence-corrected chi connectivity index (χ4v) is 4.14. The van der Waals surface area contributed by atoms with E-state index in [1.165, 1.54) is 6.33 Å². The Kier molecular flexibility index (Phi) is 5.29. The zero-order valence-corrected chi connectivity index (χ0v) is 17.7. The van der Waals surface area contributed by atoms with Crippen LogP contribution < -0.4 is 14.8 Å². The van der Waals surface area contributed by atoms with Gasteiger partial charge in [-0.15, -0.1) is 0 Å². The van der Waals surface area contributed by atoms with Gasteiger partial charge in [0.25, 0.3) is 0 Å². The molecule has 0 amide bonds. The van der Waals surface area contributed by atoms with Crippen LogP contribution in [-0.2, 0) is 9.47 Å². The normalized spacial score (nSPS) is 24.9. The third kappa shape index (κ3) is 3.64. The molecular formula is C22H21ClFN3O4. The second kappa shape index (κ2) is 8.11. The largest absolute Gasteiger partial charge is 0.493 e. The molecule has 3 heterocycles. The molecule has 2 unspecified atom stereocenters. The average Bonchev–Trinajstić information content (AvgIpc) is 3.34. The van der Waals surface area contributed by atoms with E-state index in [9.17, 15) is 4.39 Å². The summed E-state index contributed by atoms with van der Waals surface area (Å²) >= 11 is 6.24. The highest BCUT2D eigenvalue weighted by Crippen LogP contribution is 2.38. The van der Waals surface area contributed by atoms with Gasteiger partial charge in [0.05, 0.1) is 25.8 Å². The predicted octanol–water partition coefficient (Wildman–Crippen LogP) is 4.23. The van der Waals surface area contributed by atoms with Gasteiger partial charge in [0.1, 0.15) is 24.4 Å². The third-order valence-electron chi connectivity index (χ3n) is 5.67. The minimum absolute atomic E-state index is 0.0230. The topological polar surface area (TPSA) is 74.7 Å². The SMILES string of the molecule is COc1cc2c(Nc3cccc(Cl)c3C)ncnc2cc1OC1CO[C@H]2C(F)CO[C@@H]12. The van der Waals surface area contributed by atoms with E-state index in [0.29, 0.717) is 27.9 Å². The molecule has 0 saturated carbocycles. The van der Waals surface area contributed by atoms with Crippen molar-refractivity contribution in [3.8, 4) is 11.5 Å². The minimum Gasteiger partial charge on any atom is -0.493 e. The molecule has 4 atom stereocenters. The number of methoxy groups -OCH3 is 1. The van der Waals surface area contributed by atoms with Crippen molar-refractivity contribution in [2.75, 3.05) is 25.6 Å². The molecule has 162 valence electrons. The number of benzene rings is 2. The smallest absolute Gasteiger partial charge is 0.164 e. The lowest BCUT2D eigenvalue weighted by molar-refractivity contribution is 0.0271. The molecule has 5 rings (SSSR count). The Bertz CT molecular complexity index is 1130. The molecule has 2 saturated heterocycles. The van der Waals surface area contributed by atoms with E-state index < -0.39 is 24.5 Å². The van der Waals surface area contributed by atoms with Crippen LogP contribution in [-0.4, -0.2) is 54.8 Å². The lowest BCUT2D eigenvalue weighted by Gasteiger charge is -2.20. The highest BCUT2D eigenvalue weighted by atomic mass is 35.5. The van der Waals surface area contributed by atoms with E-state index >= 15 is 0 Å². The maximum absolute atomic E-state index is 13.9. The quantitative estimate of drug-likeness (QED) is 0.630. The molecule has 0 radical (unpaired) electrons. The van der Waals surface area contributed by atoms with Gasteiger partial charge in [-0.1, -0.05) is 17.7 Å². The summed E-state index contributed by atoms with van der Waals surface area (Å²) in [5.41, 5.74) is 2.43. The van der Waals surface area contributed by atoms with Crippen LogP contribution in [0.5, 0.6) is 11.5 Å². The van der Waals surface area contributed by atoms with Crippen LogP contribution >= 0.6 is 11.6 Å². The van der Waals surface area contributed by atoms with Crippen molar-refractivity contribution < 1.29 is 23.3 Å². The molecule has 1 N–H and O–H groups in total. The number of anilines is 2. The van der Waals surface area contributed by atoms with Gasteiger partial charge in [-0.25, -0.2) is 14.4 Å². The van der Waals surface area contributed by atoms with Crippen LogP contribution in [0.25, 0.3) is 10.9 Å². The summed E-state index contributed by atoms with van der Waals surface area (Å²) in [5, 5.41) is 4.74. The van der Waals surface area contributed by atoms with Gasteiger partial charge >= 0.3 is 0 Å². The minimum atomic E-state index is -1.13. The Morgan fingerprint density at radius 3 is 2.81 bits per heavy atom. The first kappa shape index (κ1) is 20.2. The molecule has 9 heteroatoms. The summed E-state index contributed by atoms with van der Waals surface area (Å²) in [5.74, 6) is 1.61. The van der Waals surface area contributed by atoms with Gasteiger partial charge in [0.15, 0.2) is 23.8 Å². The number of nitrogens with zero attached hydrogens (tertiary/aromatic N) is 2. The first-order chi connectivity index (χ1) is 15.0. The first-order valence-electron chi connectivity index (χ1n) is 9.94. The van der Waals surface area contributed by atoms with Crippen molar-refractivity contribution >= 4 is 34.0 Å². The molecule has 2 aromatic carbocycles. The van der Waals surface area contributed by atoms with Crippen molar-refractivity contribution in [2.45, 2.75) is 31.4 Å². The van der Waals surface area contributed by atoms with Gasteiger partial charge in [-0.3, -0.25) is 0 Å². The molecule has 0 bridgehead atoms. The summed E-state index contributed by atoms with van der Waals surface area (Å²) in [6.45, 7) is 2.21. The maximum Gasteiger partial charge on any atom is 0.164 e. The van der Waals surface area contributed by atoms with Crippen LogP contribution in [0.2, 0.25) is 5.02 Å². The summed E-state index contributed by atoms with van der Waals surface area (Å²) in [6.07, 6.45) is -1.11. The lowest BCUT2D eigenvalue weighted by Crippen LogP contribution is -2.33. The molecule has 3 aromatic rings. The number of fused-ring (bicyclic) bond motifs is 2. The molecule has 2 aliphatic rings. The zero-order valence-electron chi connectivity index (χ0n) is 17.0. The van der Waals surface area contributed by atoms with Gasteiger partial charge < -0.3 is 24.3 Å². The highest BCUT2D eigenvalue weighted by molar-refractivity contribution is 6.31. The lowest BCUT2D eigenvalue weighted by atomic mass is 10.1. The molecular weight excluding hydrogens is 425 g/mol. The molecule has 7 nitrogen and oxygen atoms in total. The molecule has 0 aliphatic carbocycles. The Balaban J connectivity index is 1.47. The van der Waals surface area contributed by atoms with Gasteiger partial charge in [0.2, 0.25) is 0 Å². The van der Waals surface area contributed by atoms with Crippen LogP contribution in [0.15, 0.2) is 36.7 Å². The van der Waals surface area contributed by atoms with E-state index in [0.717, 1.165) is 16.6 Å². The number of nitrogens with one attached hydrogen (secondary N) is 1. The fourth-order valence-electron chi connectivity index (χ4n) is 3.97. The van der Waals surface area contributed by atoms with Crippen LogP contribution in [0.4, 0.5) is 15.9 Å². The number of hydrogen-bond acceptors (Lipinski definition) is 7. The number of aromatic nitrogens is 2. The van der Waals surface area contributed by atoms with Crippen molar-refractivity contribution in [1.29, 1.82) is 0 Å². The summed E-state index contributed by atoms with van der Waals surface area (Å²) in [6, 6.07) is 9.23. The Labute approximate surface area is 183 Å². The second-order valence-corrected chi connectivity index (χ2v) is 7.96.